The molecule has 4 rings (SSSR count). The Balaban J connectivity index is 1.56. The third-order valence-corrected chi connectivity index (χ3v) is 5.24. The second kappa shape index (κ2) is 6.31. The van der Waals surface area contributed by atoms with E-state index in [1.807, 2.05) is 18.2 Å². The summed E-state index contributed by atoms with van der Waals surface area (Å²) in [4.78, 5) is 30.2. The lowest BCUT2D eigenvalue weighted by Crippen LogP contribution is -2.30. The minimum absolute atomic E-state index is 0.0870. The number of likely N-dealkylation sites (tertiary alicyclic amines) is 1. The molecule has 1 amide bonds. The van der Waals surface area contributed by atoms with Crippen molar-refractivity contribution < 1.29 is 14.7 Å². The predicted molar refractivity (Wildman–Crippen MR) is 88.8 cm³/mol. The summed E-state index contributed by atoms with van der Waals surface area (Å²) in [6, 6.07) is 7.42. The highest BCUT2D eigenvalue weighted by Gasteiger charge is 2.47. The number of aromatic nitrogens is 3. The van der Waals surface area contributed by atoms with Gasteiger partial charge in [0.15, 0.2) is 0 Å². The average Bonchev–Trinajstić information content (AvgIpc) is 3.14. The summed E-state index contributed by atoms with van der Waals surface area (Å²) >= 11 is 0. The van der Waals surface area contributed by atoms with E-state index in [2.05, 4.69) is 10.1 Å². The molecule has 2 atom stereocenters. The van der Waals surface area contributed by atoms with Crippen molar-refractivity contribution in [2.75, 3.05) is 13.1 Å². The minimum Gasteiger partial charge on any atom is -0.481 e. The number of carboxylic acid groups (broad SMARTS) is 1. The van der Waals surface area contributed by atoms with Crippen molar-refractivity contribution in [3.63, 3.8) is 0 Å². The zero-order valence-electron chi connectivity index (χ0n) is 13.8. The van der Waals surface area contributed by atoms with Crippen molar-refractivity contribution in [2.45, 2.75) is 19.4 Å². The van der Waals surface area contributed by atoms with E-state index in [1.165, 1.54) is 6.33 Å². The second-order valence-corrected chi connectivity index (χ2v) is 6.91. The molecule has 7 nitrogen and oxygen atoms in total. The zero-order chi connectivity index (χ0) is 17.4. The summed E-state index contributed by atoms with van der Waals surface area (Å²) < 4.78 is 1.67. The molecule has 2 heterocycles. The molecule has 130 valence electrons. The van der Waals surface area contributed by atoms with E-state index in [1.54, 1.807) is 22.0 Å². The molecule has 1 aliphatic carbocycles. The molecule has 1 saturated heterocycles. The summed E-state index contributed by atoms with van der Waals surface area (Å²) in [5, 5.41) is 13.6. The standard InChI is InChI=1S/C18H20N4O3/c23-17(21-8-15(12-5-6-12)16(9-21)18(24)25)14-4-2-1-3-13(14)7-22-11-19-10-20-22/h1-4,10-12,15-16H,5-9H2,(H,24,25)/t15-,16+/m1/s1. The molecule has 2 aliphatic rings. The van der Waals surface area contributed by atoms with Gasteiger partial charge in [0.25, 0.3) is 5.91 Å². The van der Waals surface area contributed by atoms with E-state index in [9.17, 15) is 14.7 Å². The van der Waals surface area contributed by atoms with Gasteiger partial charge in [-0.15, -0.1) is 0 Å². The molecule has 7 heteroatoms. The summed E-state index contributed by atoms with van der Waals surface area (Å²) in [5.74, 6) is -0.777. The molecule has 1 aliphatic heterocycles. The Morgan fingerprint density at radius 3 is 2.68 bits per heavy atom. The third-order valence-electron chi connectivity index (χ3n) is 5.24. The largest absolute Gasteiger partial charge is 0.481 e. The highest BCUT2D eigenvalue weighted by atomic mass is 16.4. The van der Waals surface area contributed by atoms with Gasteiger partial charge >= 0.3 is 5.97 Å². The molecular weight excluding hydrogens is 320 g/mol. The molecule has 1 N–H and O–H groups in total. The normalized spacial score (nSPS) is 23.0. The van der Waals surface area contributed by atoms with E-state index >= 15 is 0 Å². The first-order chi connectivity index (χ1) is 12.1. The molecule has 1 aromatic carbocycles. The number of nitrogens with zero attached hydrogens (tertiary/aromatic N) is 4. The predicted octanol–water partition coefficient (Wildman–Crippen LogP) is 1.51. The molecule has 2 aromatic rings. The number of rotatable bonds is 5. The molecule has 0 bridgehead atoms. The van der Waals surface area contributed by atoms with Gasteiger partial charge in [-0.2, -0.15) is 5.10 Å². The van der Waals surface area contributed by atoms with E-state index in [0.29, 0.717) is 31.1 Å². The van der Waals surface area contributed by atoms with Gasteiger partial charge in [-0.05, 0) is 36.3 Å². The Morgan fingerprint density at radius 1 is 1.20 bits per heavy atom. The Morgan fingerprint density at radius 2 is 2.00 bits per heavy atom. The smallest absolute Gasteiger partial charge is 0.308 e. The van der Waals surface area contributed by atoms with Gasteiger partial charge in [0.1, 0.15) is 12.7 Å². The third kappa shape index (κ3) is 3.14. The van der Waals surface area contributed by atoms with Crippen LogP contribution in [0.5, 0.6) is 0 Å². The van der Waals surface area contributed by atoms with Crippen molar-refractivity contribution in [1.82, 2.24) is 19.7 Å². The lowest BCUT2D eigenvalue weighted by atomic mass is 9.92. The fourth-order valence-corrected chi connectivity index (χ4v) is 3.78. The van der Waals surface area contributed by atoms with Gasteiger partial charge in [-0.25, -0.2) is 9.67 Å². The van der Waals surface area contributed by atoms with Crippen LogP contribution in [0.2, 0.25) is 0 Å². The van der Waals surface area contributed by atoms with E-state index in [4.69, 9.17) is 0 Å². The fraction of sp³-hybridized carbons (Fsp3) is 0.444. The minimum atomic E-state index is -0.789. The van der Waals surface area contributed by atoms with Crippen LogP contribution in [-0.4, -0.2) is 49.7 Å². The van der Waals surface area contributed by atoms with Crippen molar-refractivity contribution in [3.8, 4) is 0 Å². The van der Waals surface area contributed by atoms with Crippen LogP contribution >= 0.6 is 0 Å². The number of hydrogen-bond donors (Lipinski definition) is 1. The fourth-order valence-electron chi connectivity index (χ4n) is 3.78. The van der Waals surface area contributed by atoms with Crippen LogP contribution in [0.4, 0.5) is 0 Å². The number of carbonyl (C=O) groups is 2. The molecular formula is C18H20N4O3. The van der Waals surface area contributed by atoms with Crippen LogP contribution in [0.15, 0.2) is 36.9 Å². The molecule has 0 unspecified atom stereocenters. The highest BCUT2D eigenvalue weighted by Crippen LogP contribution is 2.44. The van der Waals surface area contributed by atoms with Gasteiger partial charge in [0, 0.05) is 18.7 Å². The van der Waals surface area contributed by atoms with Gasteiger partial charge in [0.05, 0.1) is 12.5 Å². The van der Waals surface area contributed by atoms with Crippen LogP contribution in [0, 0.1) is 17.8 Å². The van der Waals surface area contributed by atoms with Crippen molar-refractivity contribution >= 4 is 11.9 Å². The lowest BCUT2D eigenvalue weighted by molar-refractivity contribution is -0.142. The zero-order valence-corrected chi connectivity index (χ0v) is 13.8. The van der Waals surface area contributed by atoms with E-state index in [0.717, 1.165) is 18.4 Å². The van der Waals surface area contributed by atoms with Gasteiger partial charge in [-0.1, -0.05) is 18.2 Å². The van der Waals surface area contributed by atoms with Crippen LogP contribution in [0.1, 0.15) is 28.8 Å². The maximum Gasteiger partial charge on any atom is 0.308 e. The molecule has 0 spiro atoms. The molecule has 25 heavy (non-hydrogen) atoms. The average molecular weight is 340 g/mol. The number of aliphatic carboxylic acids is 1. The molecule has 1 aromatic heterocycles. The van der Waals surface area contributed by atoms with Crippen molar-refractivity contribution in [3.05, 3.63) is 48.0 Å². The van der Waals surface area contributed by atoms with E-state index < -0.39 is 11.9 Å². The van der Waals surface area contributed by atoms with Gasteiger partial charge in [-0.3, -0.25) is 9.59 Å². The quantitative estimate of drug-likeness (QED) is 0.891. The Labute approximate surface area is 145 Å². The monoisotopic (exact) mass is 340 g/mol. The Hall–Kier alpha value is -2.70. The first kappa shape index (κ1) is 15.8. The van der Waals surface area contributed by atoms with Gasteiger partial charge < -0.3 is 10.0 Å². The van der Waals surface area contributed by atoms with Crippen LogP contribution < -0.4 is 0 Å². The lowest BCUT2D eigenvalue weighted by Gasteiger charge is -2.18. The molecule has 1 saturated carbocycles. The summed E-state index contributed by atoms with van der Waals surface area (Å²) in [5.41, 5.74) is 1.47. The van der Waals surface area contributed by atoms with Crippen molar-refractivity contribution in [1.29, 1.82) is 0 Å². The Bertz CT molecular complexity index is 785. The molecule has 0 radical (unpaired) electrons. The maximum atomic E-state index is 13.0. The highest BCUT2D eigenvalue weighted by molar-refractivity contribution is 5.96. The van der Waals surface area contributed by atoms with Gasteiger partial charge in [0.2, 0.25) is 0 Å². The summed E-state index contributed by atoms with van der Waals surface area (Å²) in [6.45, 7) is 1.30. The maximum absolute atomic E-state index is 13.0. The molecule has 2 fully saturated rings. The first-order valence-corrected chi connectivity index (χ1v) is 8.56. The van der Waals surface area contributed by atoms with Crippen LogP contribution in [-0.2, 0) is 11.3 Å². The first-order valence-electron chi connectivity index (χ1n) is 8.56. The number of hydrogen-bond acceptors (Lipinski definition) is 4. The number of benzene rings is 1. The SMILES string of the molecule is O=C(O)[C@H]1CN(C(=O)c2ccccc2Cn2cncn2)C[C@@H]1C1CC1. The Kier molecular flexibility index (Phi) is 3.99. The number of carboxylic acids is 1. The second-order valence-electron chi connectivity index (χ2n) is 6.91. The summed E-state index contributed by atoms with van der Waals surface area (Å²) in [7, 11) is 0. The number of amides is 1. The number of carbonyl (C=O) groups excluding carboxylic acids is 1. The topological polar surface area (TPSA) is 88.3 Å². The summed E-state index contributed by atoms with van der Waals surface area (Å²) in [6.07, 6.45) is 5.24. The van der Waals surface area contributed by atoms with Crippen molar-refractivity contribution in [2.24, 2.45) is 17.8 Å². The van der Waals surface area contributed by atoms with Crippen LogP contribution in [0.25, 0.3) is 0 Å². The van der Waals surface area contributed by atoms with E-state index in [-0.39, 0.29) is 11.8 Å². The van der Waals surface area contributed by atoms with Crippen LogP contribution in [0.3, 0.4) is 0 Å².